The van der Waals surface area contributed by atoms with Crippen molar-refractivity contribution in [2.24, 2.45) is 0 Å². The Morgan fingerprint density at radius 1 is 1.57 bits per heavy atom. The summed E-state index contributed by atoms with van der Waals surface area (Å²) in [6.45, 7) is 2.49. The smallest absolute Gasteiger partial charge is 0.254 e. The molecule has 0 aliphatic heterocycles. The Morgan fingerprint density at radius 3 is 3.21 bits per heavy atom. The van der Waals surface area contributed by atoms with E-state index < -0.39 is 0 Å². The summed E-state index contributed by atoms with van der Waals surface area (Å²) in [4.78, 5) is 19.4. The third-order valence-electron chi connectivity index (χ3n) is 1.85. The molecule has 1 amide bonds. The zero-order chi connectivity index (χ0) is 9.97. The summed E-state index contributed by atoms with van der Waals surface area (Å²) >= 11 is 0. The van der Waals surface area contributed by atoms with Crippen LogP contribution in [-0.4, -0.2) is 26.8 Å². The van der Waals surface area contributed by atoms with Crippen molar-refractivity contribution in [2.75, 3.05) is 6.54 Å². The van der Waals surface area contributed by atoms with Gasteiger partial charge >= 0.3 is 0 Å². The summed E-state index contributed by atoms with van der Waals surface area (Å²) in [6.07, 6.45) is 6.63. The average molecular weight is 190 g/mol. The van der Waals surface area contributed by atoms with Gasteiger partial charge < -0.3 is 5.32 Å². The van der Waals surface area contributed by atoms with Gasteiger partial charge in [-0.3, -0.25) is 9.20 Å². The van der Waals surface area contributed by atoms with Crippen LogP contribution < -0.4 is 5.32 Å². The highest BCUT2D eigenvalue weighted by Crippen LogP contribution is 2.00. The first-order valence-corrected chi connectivity index (χ1v) is 4.38. The van der Waals surface area contributed by atoms with Crippen LogP contribution in [0.3, 0.4) is 0 Å². The van der Waals surface area contributed by atoms with Crippen molar-refractivity contribution < 1.29 is 4.79 Å². The first-order valence-electron chi connectivity index (χ1n) is 4.38. The van der Waals surface area contributed by atoms with Crippen molar-refractivity contribution in [1.29, 1.82) is 0 Å². The maximum Gasteiger partial charge on any atom is 0.254 e. The van der Waals surface area contributed by atoms with Crippen LogP contribution in [0.2, 0.25) is 0 Å². The second-order valence-corrected chi connectivity index (χ2v) is 2.84. The van der Waals surface area contributed by atoms with Crippen molar-refractivity contribution in [3.63, 3.8) is 0 Å². The Labute approximate surface area is 80.8 Å². The molecule has 0 aromatic carbocycles. The van der Waals surface area contributed by atoms with Crippen molar-refractivity contribution in [3.8, 4) is 0 Å². The van der Waals surface area contributed by atoms with E-state index in [4.69, 9.17) is 0 Å². The monoisotopic (exact) mass is 190 g/mol. The van der Waals surface area contributed by atoms with Crippen LogP contribution in [0.5, 0.6) is 0 Å². The molecular weight excluding hydrogens is 180 g/mol. The lowest BCUT2D eigenvalue weighted by Gasteiger charge is -2.01. The summed E-state index contributed by atoms with van der Waals surface area (Å²) in [5, 5.41) is 2.71. The fourth-order valence-electron chi connectivity index (χ4n) is 1.20. The van der Waals surface area contributed by atoms with E-state index >= 15 is 0 Å². The third-order valence-corrected chi connectivity index (χ3v) is 1.85. The molecule has 0 radical (unpaired) electrons. The number of hydrogen-bond acceptors (Lipinski definition) is 3. The Kier molecular flexibility index (Phi) is 2.14. The van der Waals surface area contributed by atoms with Crippen molar-refractivity contribution >= 4 is 11.7 Å². The van der Waals surface area contributed by atoms with Gasteiger partial charge in [0, 0.05) is 31.3 Å². The molecule has 2 rings (SSSR count). The number of hydrogen-bond donors (Lipinski definition) is 1. The molecule has 5 heteroatoms. The Bertz CT molecular complexity index is 463. The molecule has 0 atom stereocenters. The second-order valence-electron chi connectivity index (χ2n) is 2.84. The van der Waals surface area contributed by atoms with Crippen molar-refractivity contribution in [2.45, 2.75) is 6.92 Å². The summed E-state index contributed by atoms with van der Waals surface area (Å²) in [7, 11) is 0. The maximum atomic E-state index is 11.4. The van der Waals surface area contributed by atoms with Gasteiger partial charge in [-0.15, -0.1) is 0 Å². The van der Waals surface area contributed by atoms with Crippen LogP contribution in [-0.2, 0) is 0 Å². The fourth-order valence-corrected chi connectivity index (χ4v) is 1.20. The van der Waals surface area contributed by atoms with Crippen LogP contribution >= 0.6 is 0 Å². The summed E-state index contributed by atoms with van der Waals surface area (Å²) in [6, 6.07) is 0. The van der Waals surface area contributed by atoms with E-state index in [1.807, 2.05) is 6.92 Å². The second kappa shape index (κ2) is 3.45. The molecule has 2 aromatic heterocycles. The number of carbonyl (C=O) groups is 1. The highest BCUT2D eigenvalue weighted by molar-refractivity contribution is 5.93. The SMILES string of the molecule is CCNC(=O)c1cnc2nccn2c1. The molecule has 72 valence electrons. The molecule has 0 aliphatic carbocycles. The van der Waals surface area contributed by atoms with Gasteiger partial charge in [-0.05, 0) is 6.92 Å². The summed E-state index contributed by atoms with van der Waals surface area (Å²) < 4.78 is 1.71. The van der Waals surface area contributed by atoms with Crippen LogP contribution in [0.25, 0.3) is 5.78 Å². The zero-order valence-corrected chi connectivity index (χ0v) is 7.77. The average Bonchev–Trinajstić information content (AvgIpc) is 2.64. The molecule has 2 aromatic rings. The Hall–Kier alpha value is -1.91. The van der Waals surface area contributed by atoms with Gasteiger partial charge in [0.1, 0.15) is 0 Å². The number of carbonyl (C=O) groups excluding carboxylic acids is 1. The molecule has 0 unspecified atom stereocenters. The van der Waals surface area contributed by atoms with E-state index in [1.165, 1.54) is 6.20 Å². The molecule has 2 heterocycles. The number of imidazole rings is 1. The van der Waals surface area contributed by atoms with E-state index in [0.29, 0.717) is 17.9 Å². The lowest BCUT2D eigenvalue weighted by Crippen LogP contribution is -2.23. The zero-order valence-electron chi connectivity index (χ0n) is 7.77. The molecule has 5 nitrogen and oxygen atoms in total. The normalized spacial score (nSPS) is 10.4. The molecule has 0 fully saturated rings. The first-order chi connectivity index (χ1) is 6.81. The number of aromatic nitrogens is 3. The lowest BCUT2D eigenvalue weighted by molar-refractivity contribution is 0.0955. The number of nitrogens with zero attached hydrogens (tertiary/aromatic N) is 3. The maximum absolute atomic E-state index is 11.4. The molecule has 1 N–H and O–H groups in total. The van der Waals surface area contributed by atoms with Gasteiger partial charge in [0.2, 0.25) is 5.78 Å². The van der Waals surface area contributed by atoms with Gasteiger partial charge in [0.05, 0.1) is 5.56 Å². The van der Waals surface area contributed by atoms with Gasteiger partial charge in [-0.1, -0.05) is 0 Å². The largest absolute Gasteiger partial charge is 0.352 e. The third kappa shape index (κ3) is 1.44. The van der Waals surface area contributed by atoms with Gasteiger partial charge in [0.15, 0.2) is 0 Å². The van der Waals surface area contributed by atoms with Crippen LogP contribution in [0.15, 0.2) is 24.8 Å². The molecule has 0 saturated carbocycles. The quantitative estimate of drug-likeness (QED) is 0.749. The van der Waals surface area contributed by atoms with Crippen LogP contribution in [0.4, 0.5) is 0 Å². The lowest BCUT2D eigenvalue weighted by atomic mass is 10.3. The minimum absolute atomic E-state index is 0.115. The van der Waals surface area contributed by atoms with E-state index in [-0.39, 0.29) is 5.91 Å². The fraction of sp³-hybridized carbons (Fsp3) is 0.222. The highest BCUT2D eigenvalue weighted by Gasteiger charge is 2.05. The van der Waals surface area contributed by atoms with E-state index in [1.54, 1.807) is 23.0 Å². The topological polar surface area (TPSA) is 59.3 Å². The number of nitrogens with one attached hydrogen (secondary N) is 1. The van der Waals surface area contributed by atoms with Gasteiger partial charge in [-0.2, -0.15) is 0 Å². The number of rotatable bonds is 2. The van der Waals surface area contributed by atoms with E-state index in [2.05, 4.69) is 15.3 Å². The molecule has 0 saturated heterocycles. The van der Waals surface area contributed by atoms with Crippen molar-refractivity contribution in [1.82, 2.24) is 19.7 Å². The highest BCUT2D eigenvalue weighted by atomic mass is 16.1. The predicted molar refractivity (Wildman–Crippen MR) is 51.0 cm³/mol. The summed E-state index contributed by atoms with van der Waals surface area (Å²) in [5.41, 5.74) is 0.539. The molecule has 14 heavy (non-hydrogen) atoms. The molecule has 0 aliphatic rings. The standard InChI is InChI=1S/C9H10N4O/c1-2-10-8(14)7-5-12-9-11-3-4-13(9)6-7/h3-6H,2H2,1H3,(H,10,14). The minimum atomic E-state index is -0.115. The van der Waals surface area contributed by atoms with Crippen molar-refractivity contribution in [3.05, 3.63) is 30.4 Å². The molecular formula is C9H10N4O. The van der Waals surface area contributed by atoms with E-state index in [0.717, 1.165) is 0 Å². The molecule has 0 bridgehead atoms. The van der Waals surface area contributed by atoms with Crippen LogP contribution in [0.1, 0.15) is 17.3 Å². The van der Waals surface area contributed by atoms with E-state index in [9.17, 15) is 4.79 Å². The van der Waals surface area contributed by atoms with Gasteiger partial charge in [-0.25, -0.2) is 9.97 Å². The Balaban J connectivity index is 2.38. The minimum Gasteiger partial charge on any atom is -0.352 e. The van der Waals surface area contributed by atoms with Crippen LogP contribution in [0, 0.1) is 0 Å². The number of fused-ring (bicyclic) bond motifs is 1. The molecule has 0 spiro atoms. The predicted octanol–water partition coefficient (Wildman–Crippen LogP) is 0.479. The van der Waals surface area contributed by atoms with Gasteiger partial charge in [0.25, 0.3) is 5.91 Å². The Morgan fingerprint density at radius 2 is 2.43 bits per heavy atom. The number of amides is 1. The summed E-state index contributed by atoms with van der Waals surface area (Å²) in [5.74, 6) is 0.480. The first kappa shape index (κ1) is 8.68.